The Morgan fingerprint density at radius 2 is 1.30 bits per heavy atom. The molecule has 0 aromatic rings. The van der Waals surface area contributed by atoms with Crippen LogP contribution >= 0.6 is 7.82 Å². The minimum Gasteiger partial charge on any atom is -0.329 e. The van der Waals surface area contributed by atoms with E-state index in [0.29, 0.717) is 23.9 Å². The Hall–Kier alpha value is -0.0200. The molecule has 200 valence electrons. The predicted molar refractivity (Wildman–Crippen MR) is 135 cm³/mol. The molecule has 0 saturated carbocycles. The first kappa shape index (κ1) is 33.0. The second-order valence-corrected chi connectivity index (χ2v) is 13.2. The summed E-state index contributed by atoms with van der Waals surface area (Å²) in [6, 6.07) is 0. The quantitative estimate of drug-likeness (QED) is 0.0791. The van der Waals surface area contributed by atoms with Crippen LogP contribution < -0.4 is 0 Å². The highest BCUT2D eigenvalue weighted by Gasteiger charge is 2.35. The van der Waals surface area contributed by atoms with Crippen molar-refractivity contribution in [3.05, 3.63) is 0 Å². The normalized spacial score (nSPS) is 16.5. The van der Waals surface area contributed by atoms with E-state index < -0.39 is 29.3 Å². The topological polar surface area (TPSA) is 110 Å². The number of unbranched alkanes of at least 4 members (excludes halogenated alkanes) is 11. The molecule has 0 radical (unpaired) electrons. The number of quaternary nitrogens is 1. The van der Waals surface area contributed by atoms with E-state index in [4.69, 9.17) is 9.05 Å². The highest BCUT2D eigenvalue weighted by atomic mass is 32.2. The summed E-state index contributed by atoms with van der Waals surface area (Å²) in [7, 11) is -2.94. The molecule has 0 fully saturated rings. The molecule has 0 bridgehead atoms. The number of phosphoric acid groups is 1. The van der Waals surface area contributed by atoms with E-state index in [1.165, 1.54) is 51.4 Å². The molecule has 0 saturated heterocycles. The maximum atomic E-state index is 12.1. The molecule has 3 atom stereocenters. The monoisotopic (exact) mass is 516 g/mol. The van der Waals surface area contributed by atoms with Crippen molar-refractivity contribution in [2.24, 2.45) is 0 Å². The van der Waals surface area contributed by atoms with Crippen molar-refractivity contribution >= 4 is 17.9 Å². The van der Waals surface area contributed by atoms with Crippen molar-refractivity contribution in [1.82, 2.24) is 0 Å². The second kappa shape index (κ2) is 17.4. The third-order valence-corrected chi connectivity index (χ3v) is 8.07. The molecule has 0 spiro atoms. The van der Waals surface area contributed by atoms with Gasteiger partial charge >= 0.3 is 7.82 Å². The van der Waals surface area contributed by atoms with Crippen LogP contribution in [0.4, 0.5) is 0 Å². The molecule has 0 rings (SSSR count). The second-order valence-electron chi connectivity index (χ2n) is 10.1. The van der Waals surface area contributed by atoms with Crippen LogP contribution in [0.1, 0.15) is 104 Å². The smallest absolute Gasteiger partial charge is 0.329 e. The Kier molecular flexibility index (Phi) is 17.4. The van der Waals surface area contributed by atoms with Gasteiger partial charge in [0.25, 0.3) is 10.1 Å². The molecule has 8 nitrogen and oxygen atoms in total. The van der Waals surface area contributed by atoms with Gasteiger partial charge in [-0.15, -0.1) is 0 Å². The summed E-state index contributed by atoms with van der Waals surface area (Å²) in [6.07, 6.45) is 13.5. The van der Waals surface area contributed by atoms with Crippen LogP contribution in [0.5, 0.6) is 0 Å². The van der Waals surface area contributed by atoms with Gasteiger partial charge in [-0.1, -0.05) is 84.0 Å². The van der Waals surface area contributed by atoms with Gasteiger partial charge in [0, 0.05) is 0 Å². The minimum atomic E-state index is -4.30. The maximum absolute atomic E-state index is 12.1. The molecule has 3 unspecified atom stereocenters. The molecule has 0 aromatic carbocycles. The number of nitrogens with zero attached hydrogens (tertiary/aromatic N) is 1. The van der Waals surface area contributed by atoms with E-state index in [-0.39, 0.29) is 13.0 Å². The van der Waals surface area contributed by atoms with Crippen molar-refractivity contribution < 1.29 is 36.0 Å². The summed E-state index contributed by atoms with van der Waals surface area (Å²) in [4.78, 5) is 9.88. The average Bonchev–Trinajstić information content (AvgIpc) is 2.65. The molecule has 10 heteroatoms. The van der Waals surface area contributed by atoms with Crippen LogP contribution in [0.15, 0.2) is 0 Å². The first-order valence-electron chi connectivity index (χ1n) is 12.7. The third-order valence-electron chi connectivity index (χ3n) is 5.65. The lowest BCUT2D eigenvalue weighted by Crippen LogP contribution is -2.44. The van der Waals surface area contributed by atoms with Gasteiger partial charge in [-0.05, 0) is 19.8 Å². The van der Waals surface area contributed by atoms with Crippen molar-refractivity contribution in [3.8, 4) is 0 Å². The van der Waals surface area contributed by atoms with Gasteiger partial charge < -0.3 is 9.38 Å². The summed E-state index contributed by atoms with van der Waals surface area (Å²) >= 11 is 0. The molecule has 0 heterocycles. The van der Waals surface area contributed by atoms with Gasteiger partial charge in [-0.25, -0.2) is 4.57 Å². The lowest BCUT2D eigenvalue weighted by molar-refractivity contribution is -0.873. The fraction of sp³-hybridized carbons (Fsp3) is 1.00. The van der Waals surface area contributed by atoms with E-state index in [0.717, 1.165) is 19.3 Å². The molecule has 0 aromatic heterocycles. The van der Waals surface area contributed by atoms with Gasteiger partial charge in [0.15, 0.2) is 0 Å². The van der Waals surface area contributed by atoms with Crippen LogP contribution in [-0.2, 0) is 23.7 Å². The van der Waals surface area contributed by atoms with Gasteiger partial charge in [-0.3, -0.25) is 13.6 Å². The van der Waals surface area contributed by atoms with Crippen molar-refractivity contribution in [2.45, 2.75) is 115 Å². The number of rotatable bonds is 22. The summed E-state index contributed by atoms with van der Waals surface area (Å²) in [5, 5.41) is -1.03. The summed E-state index contributed by atoms with van der Waals surface area (Å²) < 4.78 is 56.3. The average molecular weight is 517 g/mol. The van der Waals surface area contributed by atoms with Gasteiger partial charge in [0.05, 0.1) is 33.0 Å². The van der Waals surface area contributed by atoms with Gasteiger partial charge in [-0.2, -0.15) is 8.42 Å². The fourth-order valence-corrected chi connectivity index (χ4v) is 5.88. The van der Waals surface area contributed by atoms with Gasteiger partial charge in [0.1, 0.15) is 12.6 Å². The predicted octanol–water partition coefficient (Wildman–Crippen LogP) is 5.95. The maximum Gasteiger partial charge on any atom is 0.472 e. The Morgan fingerprint density at radius 1 is 0.848 bits per heavy atom. The largest absolute Gasteiger partial charge is 0.472 e. The number of phosphoric ester groups is 1. The third kappa shape index (κ3) is 19.9. The molecule has 2 N–H and O–H groups in total. The first-order chi connectivity index (χ1) is 15.3. The number of hydrogen-bond acceptors (Lipinski definition) is 5. The molecular weight excluding hydrogens is 465 g/mol. The van der Waals surface area contributed by atoms with Crippen LogP contribution in [0.2, 0.25) is 0 Å². The molecule has 0 aliphatic heterocycles. The minimum absolute atomic E-state index is 0.00541. The van der Waals surface area contributed by atoms with E-state index in [1.807, 2.05) is 21.1 Å². The molecule has 0 aliphatic rings. The van der Waals surface area contributed by atoms with Crippen LogP contribution in [0.3, 0.4) is 0 Å². The Morgan fingerprint density at radius 3 is 1.70 bits per heavy atom. The molecule has 0 aliphatic carbocycles. The zero-order valence-corrected chi connectivity index (χ0v) is 23.4. The lowest BCUT2D eigenvalue weighted by Gasteiger charge is -2.31. The van der Waals surface area contributed by atoms with Crippen molar-refractivity contribution in [1.29, 1.82) is 0 Å². The Balaban J connectivity index is 4.50. The first-order valence-corrected chi connectivity index (χ1v) is 15.7. The highest BCUT2D eigenvalue weighted by Crippen LogP contribution is 2.45. The number of likely N-dealkylation sites (N-methyl/N-ethyl adjacent to an activating group) is 1. The van der Waals surface area contributed by atoms with Crippen LogP contribution in [0.25, 0.3) is 0 Å². The molecular formula is C23H51NO7PS+. The van der Waals surface area contributed by atoms with Crippen molar-refractivity contribution in [3.63, 3.8) is 0 Å². The summed E-state index contributed by atoms with van der Waals surface area (Å²) in [5.41, 5.74) is 0. The SMILES string of the molecule is CCCCCCCCCCCCCCC(CC(C[N+](C)(C)C)OP(=O)(O)OCC)S(=O)(=O)O. The molecule has 33 heavy (non-hydrogen) atoms. The highest BCUT2D eigenvalue weighted by molar-refractivity contribution is 7.86. The van der Waals surface area contributed by atoms with Gasteiger partial charge in [0.2, 0.25) is 0 Å². The van der Waals surface area contributed by atoms with E-state index in [9.17, 15) is 22.4 Å². The zero-order valence-electron chi connectivity index (χ0n) is 21.7. The van der Waals surface area contributed by atoms with E-state index in [2.05, 4.69) is 6.92 Å². The summed E-state index contributed by atoms with van der Waals surface area (Å²) in [6.45, 7) is 4.12. The standard InChI is InChI=1S/C23H50NO7PS/c1-6-8-9-10-11-12-13-14-15-16-17-18-19-23(33(27,28)29)20-22(21-24(3,4)5)31-32(25,26)30-7-2/h22-23H,6-21H2,1-5H3,(H-,25,26,27,28,29)/p+1. The fourth-order valence-electron chi connectivity index (χ4n) is 4.04. The Labute approximate surface area is 203 Å². The van der Waals surface area contributed by atoms with E-state index in [1.54, 1.807) is 6.92 Å². The van der Waals surface area contributed by atoms with E-state index >= 15 is 0 Å². The lowest BCUT2D eigenvalue weighted by atomic mass is 10.0. The van der Waals surface area contributed by atoms with Crippen LogP contribution in [0, 0.1) is 0 Å². The number of hydrogen-bond donors (Lipinski definition) is 2. The zero-order chi connectivity index (χ0) is 25.4. The molecule has 0 amide bonds. The Bertz CT molecular complexity index is 637. The van der Waals surface area contributed by atoms with Crippen LogP contribution in [-0.4, -0.2) is 68.0 Å². The van der Waals surface area contributed by atoms with Crippen molar-refractivity contribution in [2.75, 3.05) is 34.3 Å². The summed E-state index contributed by atoms with van der Waals surface area (Å²) in [5.74, 6) is 0.